The molecule has 4 aromatic rings. The molecule has 0 aliphatic rings. The fraction of sp³-hybridized carbons (Fsp3) is 0.360. The minimum absolute atomic E-state index is 0.0595. The second-order valence-electron chi connectivity index (χ2n) is 8.93. The van der Waals surface area contributed by atoms with Gasteiger partial charge in [-0.25, -0.2) is 24.1 Å². The van der Waals surface area contributed by atoms with Gasteiger partial charge in [-0.2, -0.15) is 0 Å². The number of hydrogen-bond donors (Lipinski definition) is 0. The SMILES string of the molecule is CCc1nc2cccnc2n1C(C)c1ccc2c(c1)cc(C(=O)OC)n2C(=O)OC(C)(C)C. The van der Waals surface area contributed by atoms with Crippen molar-refractivity contribution in [3.63, 3.8) is 0 Å². The summed E-state index contributed by atoms with van der Waals surface area (Å²) in [5.74, 6) is 0.336. The Bertz CT molecular complexity index is 1360. The number of nitrogens with zero attached hydrogens (tertiary/aromatic N) is 4. The predicted molar refractivity (Wildman–Crippen MR) is 126 cm³/mol. The summed E-state index contributed by atoms with van der Waals surface area (Å²) < 4.78 is 13.8. The number of hydrogen-bond acceptors (Lipinski definition) is 6. The van der Waals surface area contributed by atoms with Crippen molar-refractivity contribution in [1.82, 2.24) is 19.1 Å². The van der Waals surface area contributed by atoms with Gasteiger partial charge >= 0.3 is 12.1 Å². The molecule has 3 aromatic heterocycles. The van der Waals surface area contributed by atoms with E-state index in [9.17, 15) is 9.59 Å². The van der Waals surface area contributed by atoms with Crippen LogP contribution >= 0.6 is 0 Å². The van der Waals surface area contributed by atoms with E-state index >= 15 is 0 Å². The smallest absolute Gasteiger partial charge is 0.419 e. The summed E-state index contributed by atoms with van der Waals surface area (Å²) in [5.41, 5.74) is 2.66. The molecule has 3 heterocycles. The molecule has 8 heteroatoms. The summed E-state index contributed by atoms with van der Waals surface area (Å²) in [5, 5.41) is 0.737. The summed E-state index contributed by atoms with van der Waals surface area (Å²) in [4.78, 5) is 34.6. The van der Waals surface area contributed by atoms with Gasteiger partial charge in [0, 0.05) is 18.0 Å². The third kappa shape index (κ3) is 4.08. The van der Waals surface area contributed by atoms with Crippen molar-refractivity contribution in [2.75, 3.05) is 7.11 Å². The molecule has 0 radical (unpaired) electrons. The molecule has 0 saturated carbocycles. The molecule has 0 aliphatic carbocycles. The summed E-state index contributed by atoms with van der Waals surface area (Å²) in [6, 6.07) is 11.2. The predicted octanol–water partition coefficient (Wildman–Crippen LogP) is 5.13. The number of ether oxygens (including phenoxy) is 2. The largest absolute Gasteiger partial charge is 0.464 e. The van der Waals surface area contributed by atoms with E-state index in [4.69, 9.17) is 14.5 Å². The first kappa shape index (κ1) is 22.5. The quantitative estimate of drug-likeness (QED) is 0.402. The number of rotatable bonds is 4. The van der Waals surface area contributed by atoms with Gasteiger partial charge in [-0.05, 0) is 63.6 Å². The van der Waals surface area contributed by atoms with E-state index in [2.05, 4.69) is 23.4 Å². The van der Waals surface area contributed by atoms with Crippen molar-refractivity contribution < 1.29 is 19.1 Å². The Hall–Kier alpha value is -3.68. The summed E-state index contributed by atoms with van der Waals surface area (Å²) in [7, 11) is 1.29. The summed E-state index contributed by atoms with van der Waals surface area (Å²) >= 11 is 0. The number of pyridine rings is 1. The molecule has 4 rings (SSSR count). The third-order valence-electron chi connectivity index (χ3n) is 5.50. The maximum absolute atomic E-state index is 12.9. The van der Waals surface area contributed by atoms with Gasteiger partial charge in [0.25, 0.3) is 0 Å². The van der Waals surface area contributed by atoms with E-state index in [0.29, 0.717) is 5.52 Å². The molecule has 0 saturated heterocycles. The zero-order valence-electron chi connectivity index (χ0n) is 19.7. The zero-order chi connectivity index (χ0) is 23.9. The van der Waals surface area contributed by atoms with E-state index in [-0.39, 0.29) is 11.7 Å². The van der Waals surface area contributed by atoms with Gasteiger partial charge in [-0.1, -0.05) is 13.0 Å². The molecule has 8 nitrogen and oxygen atoms in total. The number of benzene rings is 1. The zero-order valence-corrected chi connectivity index (χ0v) is 19.7. The standard InChI is InChI=1S/C25H28N4O4/c1-7-21-27-18-9-8-12-26-22(18)28(21)15(2)16-10-11-19-17(13-16)14-20(23(30)32-6)29(19)24(31)33-25(3,4)5/h8-15H,7H2,1-6H3. The van der Waals surface area contributed by atoms with Crippen molar-refractivity contribution in [2.24, 2.45) is 0 Å². The summed E-state index contributed by atoms with van der Waals surface area (Å²) in [6.45, 7) is 9.49. The Labute approximate surface area is 192 Å². The monoisotopic (exact) mass is 448 g/mol. The lowest BCUT2D eigenvalue weighted by Crippen LogP contribution is -2.29. The average Bonchev–Trinajstić information content (AvgIpc) is 3.34. The molecule has 0 N–H and O–H groups in total. The van der Waals surface area contributed by atoms with Gasteiger partial charge in [0.05, 0.1) is 18.7 Å². The van der Waals surface area contributed by atoms with E-state index in [1.165, 1.54) is 11.7 Å². The second-order valence-corrected chi connectivity index (χ2v) is 8.93. The van der Waals surface area contributed by atoms with Gasteiger partial charge in [-0.15, -0.1) is 0 Å². The van der Waals surface area contributed by atoms with Gasteiger partial charge < -0.3 is 14.0 Å². The van der Waals surface area contributed by atoms with Crippen molar-refractivity contribution in [1.29, 1.82) is 0 Å². The van der Waals surface area contributed by atoms with Gasteiger partial charge in [0.15, 0.2) is 5.65 Å². The van der Waals surface area contributed by atoms with Crippen LogP contribution in [0.5, 0.6) is 0 Å². The Morgan fingerprint density at radius 2 is 1.91 bits per heavy atom. The number of esters is 1. The fourth-order valence-corrected chi connectivity index (χ4v) is 4.03. The van der Waals surface area contributed by atoms with Crippen LogP contribution in [0.15, 0.2) is 42.6 Å². The lowest BCUT2D eigenvalue weighted by molar-refractivity contribution is 0.0489. The highest BCUT2D eigenvalue weighted by molar-refractivity contribution is 6.01. The highest BCUT2D eigenvalue weighted by Crippen LogP contribution is 2.30. The van der Waals surface area contributed by atoms with Crippen LogP contribution in [0, 0.1) is 0 Å². The second kappa shape index (κ2) is 8.35. The van der Waals surface area contributed by atoms with Crippen LogP contribution in [0.2, 0.25) is 0 Å². The number of aromatic nitrogens is 4. The molecule has 33 heavy (non-hydrogen) atoms. The maximum Gasteiger partial charge on any atom is 0.419 e. The number of carbonyl (C=O) groups excluding carboxylic acids is 2. The molecular weight excluding hydrogens is 420 g/mol. The number of methoxy groups -OCH3 is 1. The molecule has 1 unspecified atom stereocenters. The molecule has 1 aromatic carbocycles. The first-order valence-electron chi connectivity index (χ1n) is 10.9. The lowest BCUT2D eigenvalue weighted by atomic mass is 10.1. The number of aryl methyl sites for hydroxylation is 1. The Balaban J connectivity index is 1.84. The van der Waals surface area contributed by atoms with Crippen molar-refractivity contribution >= 4 is 34.1 Å². The van der Waals surface area contributed by atoms with Crippen molar-refractivity contribution in [3.8, 4) is 0 Å². The fourth-order valence-electron chi connectivity index (χ4n) is 4.03. The van der Waals surface area contributed by atoms with E-state index in [0.717, 1.165) is 34.4 Å². The molecular formula is C25H28N4O4. The Morgan fingerprint density at radius 3 is 2.58 bits per heavy atom. The van der Waals surface area contributed by atoms with E-state index in [1.807, 2.05) is 30.3 Å². The van der Waals surface area contributed by atoms with Crippen LogP contribution in [-0.4, -0.2) is 43.9 Å². The summed E-state index contributed by atoms with van der Waals surface area (Å²) in [6.07, 6.45) is 1.90. The van der Waals surface area contributed by atoms with Gasteiger partial charge in [-0.3, -0.25) is 0 Å². The first-order valence-corrected chi connectivity index (χ1v) is 10.9. The van der Waals surface area contributed by atoms with Crippen LogP contribution < -0.4 is 0 Å². The molecule has 0 spiro atoms. The van der Waals surface area contributed by atoms with Crippen LogP contribution in [0.25, 0.3) is 22.1 Å². The first-order chi connectivity index (χ1) is 15.6. The average molecular weight is 449 g/mol. The molecule has 0 bridgehead atoms. The number of carbonyl (C=O) groups is 2. The molecule has 172 valence electrons. The van der Waals surface area contributed by atoms with Crippen LogP contribution in [0.4, 0.5) is 4.79 Å². The maximum atomic E-state index is 12.9. The van der Waals surface area contributed by atoms with Crippen molar-refractivity contribution in [3.05, 3.63) is 59.7 Å². The van der Waals surface area contributed by atoms with Crippen molar-refractivity contribution in [2.45, 2.75) is 52.7 Å². The highest BCUT2D eigenvalue weighted by atomic mass is 16.6. The topological polar surface area (TPSA) is 88.2 Å². The highest BCUT2D eigenvalue weighted by Gasteiger charge is 2.26. The minimum Gasteiger partial charge on any atom is -0.464 e. The molecule has 0 amide bonds. The minimum atomic E-state index is -0.707. The van der Waals surface area contributed by atoms with Crippen LogP contribution in [0.3, 0.4) is 0 Å². The molecule has 1 atom stereocenters. The lowest BCUT2D eigenvalue weighted by Gasteiger charge is -2.21. The van der Waals surface area contributed by atoms with Crippen LogP contribution in [-0.2, 0) is 15.9 Å². The number of fused-ring (bicyclic) bond motifs is 2. The van der Waals surface area contributed by atoms with Crippen LogP contribution in [0.1, 0.15) is 62.5 Å². The van der Waals surface area contributed by atoms with Gasteiger partial charge in [0.2, 0.25) is 0 Å². The molecule has 0 fully saturated rings. The normalized spacial score (nSPS) is 12.8. The third-order valence-corrected chi connectivity index (χ3v) is 5.50. The van der Waals surface area contributed by atoms with Gasteiger partial charge in [0.1, 0.15) is 22.6 Å². The molecule has 0 aliphatic heterocycles. The van der Waals surface area contributed by atoms with E-state index < -0.39 is 17.7 Å². The van der Waals surface area contributed by atoms with E-state index in [1.54, 1.807) is 33.0 Å². The Morgan fingerprint density at radius 1 is 1.15 bits per heavy atom. The number of imidazole rings is 1. The Kier molecular flexibility index (Phi) is 5.69.